The molecule has 0 amide bonds. The lowest BCUT2D eigenvalue weighted by Gasteiger charge is -2.28. The molecule has 7 nitrogen and oxygen atoms in total. The maximum atomic E-state index is 12.8. The van der Waals surface area contributed by atoms with E-state index in [1.807, 2.05) is 0 Å². The van der Waals surface area contributed by atoms with Crippen molar-refractivity contribution in [1.29, 1.82) is 0 Å². The average Bonchev–Trinajstić information content (AvgIpc) is 2.90. The van der Waals surface area contributed by atoms with Crippen LogP contribution in [0.4, 0.5) is 19.0 Å². The number of aromatic nitrogens is 4. The minimum absolute atomic E-state index is 0.100. The summed E-state index contributed by atoms with van der Waals surface area (Å²) in [4.78, 5) is 5.83. The van der Waals surface area contributed by atoms with Gasteiger partial charge in [0.25, 0.3) is 0 Å². The van der Waals surface area contributed by atoms with Gasteiger partial charge in [0, 0.05) is 24.7 Å². The molecule has 0 unspecified atom stereocenters. The molecule has 3 rings (SSSR count). The Kier molecular flexibility index (Phi) is 3.53. The fourth-order valence-corrected chi connectivity index (χ4v) is 2.30. The van der Waals surface area contributed by atoms with Crippen molar-refractivity contribution in [2.24, 2.45) is 0 Å². The minimum atomic E-state index is -4.52. The van der Waals surface area contributed by atoms with Crippen LogP contribution in [0.1, 0.15) is 11.6 Å². The Labute approximate surface area is 123 Å². The van der Waals surface area contributed by atoms with Gasteiger partial charge in [0.2, 0.25) is 5.82 Å². The first kappa shape index (κ1) is 14.8. The van der Waals surface area contributed by atoms with Gasteiger partial charge in [0.05, 0.1) is 6.54 Å². The van der Waals surface area contributed by atoms with Gasteiger partial charge in [-0.2, -0.15) is 13.2 Å². The first-order valence-electron chi connectivity index (χ1n) is 6.42. The van der Waals surface area contributed by atoms with E-state index in [0.29, 0.717) is 12.4 Å². The van der Waals surface area contributed by atoms with Crippen molar-refractivity contribution in [1.82, 2.24) is 19.7 Å². The maximum Gasteiger partial charge on any atom is 0.490 e. The predicted molar refractivity (Wildman–Crippen MR) is 70.1 cm³/mol. The van der Waals surface area contributed by atoms with Crippen LogP contribution in [0.25, 0.3) is 0 Å². The summed E-state index contributed by atoms with van der Waals surface area (Å²) in [5.41, 5.74) is 0.239. The summed E-state index contributed by atoms with van der Waals surface area (Å²) in [6.45, 7) is 0.572. The lowest BCUT2D eigenvalue weighted by molar-refractivity contribution is -0.147. The van der Waals surface area contributed by atoms with Crippen molar-refractivity contribution >= 4 is 18.4 Å². The topological polar surface area (TPSA) is 87.3 Å². The third kappa shape index (κ3) is 2.64. The Balaban J connectivity index is 1.81. The zero-order chi connectivity index (χ0) is 15.9. The number of fused-ring (bicyclic) bond motifs is 1. The number of nitrogens with zero attached hydrogens (tertiary/aromatic N) is 5. The third-order valence-corrected chi connectivity index (χ3v) is 3.40. The zero-order valence-corrected chi connectivity index (χ0v) is 11.2. The summed E-state index contributed by atoms with van der Waals surface area (Å²) < 4.78 is 39.3. The molecule has 0 saturated heterocycles. The molecule has 0 bridgehead atoms. The van der Waals surface area contributed by atoms with E-state index in [9.17, 15) is 13.2 Å². The molecule has 2 aromatic rings. The molecule has 2 N–H and O–H groups in total. The van der Waals surface area contributed by atoms with Crippen molar-refractivity contribution in [2.75, 3.05) is 11.4 Å². The van der Waals surface area contributed by atoms with Crippen molar-refractivity contribution in [3.05, 3.63) is 30.0 Å². The van der Waals surface area contributed by atoms with Crippen molar-refractivity contribution in [3.63, 3.8) is 0 Å². The first-order valence-corrected chi connectivity index (χ1v) is 6.42. The SMILES string of the molecule is OB(O)c1ccc(N2CCn3c(nnc3C(F)(F)F)C2)nc1. The lowest BCUT2D eigenvalue weighted by atomic mass is 9.82. The maximum absolute atomic E-state index is 12.8. The fraction of sp³-hybridized carbons (Fsp3) is 0.364. The second-order valence-corrected chi connectivity index (χ2v) is 4.83. The molecule has 3 heterocycles. The van der Waals surface area contributed by atoms with Crippen molar-refractivity contribution in [3.8, 4) is 0 Å². The van der Waals surface area contributed by atoms with Gasteiger partial charge in [-0.15, -0.1) is 10.2 Å². The van der Waals surface area contributed by atoms with Gasteiger partial charge in [-0.3, -0.25) is 0 Å². The molecule has 0 spiro atoms. The highest BCUT2D eigenvalue weighted by Crippen LogP contribution is 2.29. The summed E-state index contributed by atoms with van der Waals surface area (Å²) in [5, 5.41) is 24.8. The predicted octanol–water partition coefficient (Wildman–Crippen LogP) is -0.608. The molecule has 1 aliphatic heterocycles. The average molecular weight is 313 g/mol. The Morgan fingerprint density at radius 3 is 2.50 bits per heavy atom. The summed E-state index contributed by atoms with van der Waals surface area (Å²) in [6.07, 6.45) is -3.22. The first-order chi connectivity index (χ1) is 10.4. The number of hydrogen-bond acceptors (Lipinski definition) is 6. The Hall–Kier alpha value is -2.14. The van der Waals surface area contributed by atoms with Crippen LogP contribution in [-0.2, 0) is 19.3 Å². The fourth-order valence-electron chi connectivity index (χ4n) is 2.30. The van der Waals surface area contributed by atoms with E-state index in [-0.39, 0.29) is 24.4 Å². The van der Waals surface area contributed by atoms with Crippen molar-refractivity contribution in [2.45, 2.75) is 19.3 Å². The van der Waals surface area contributed by atoms with Crippen LogP contribution >= 0.6 is 0 Å². The molecule has 22 heavy (non-hydrogen) atoms. The van der Waals surface area contributed by atoms with Crippen LogP contribution in [0.15, 0.2) is 18.3 Å². The normalized spacial score (nSPS) is 14.9. The van der Waals surface area contributed by atoms with Gasteiger partial charge in [0.15, 0.2) is 5.82 Å². The Morgan fingerprint density at radius 1 is 1.14 bits per heavy atom. The quantitative estimate of drug-likeness (QED) is 0.720. The molecule has 0 fully saturated rings. The summed E-state index contributed by atoms with van der Waals surface area (Å²) >= 11 is 0. The van der Waals surface area contributed by atoms with Crippen LogP contribution < -0.4 is 10.4 Å². The number of alkyl halides is 3. The smallest absolute Gasteiger partial charge is 0.423 e. The van der Waals surface area contributed by atoms with Gasteiger partial charge < -0.3 is 19.5 Å². The number of rotatable bonds is 2. The number of anilines is 1. The van der Waals surface area contributed by atoms with E-state index in [2.05, 4.69) is 15.2 Å². The highest BCUT2D eigenvalue weighted by molar-refractivity contribution is 6.58. The van der Waals surface area contributed by atoms with E-state index in [0.717, 1.165) is 4.57 Å². The van der Waals surface area contributed by atoms with Crippen LogP contribution in [0, 0.1) is 0 Å². The molecule has 11 heteroatoms. The highest BCUT2D eigenvalue weighted by atomic mass is 19.4. The molecule has 0 aromatic carbocycles. The molecule has 0 atom stereocenters. The molecule has 116 valence electrons. The number of halogens is 3. The van der Waals surface area contributed by atoms with E-state index in [4.69, 9.17) is 10.0 Å². The summed E-state index contributed by atoms with van der Waals surface area (Å²) in [6, 6.07) is 3.07. The molecule has 2 aromatic heterocycles. The largest absolute Gasteiger partial charge is 0.490 e. The van der Waals surface area contributed by atoms with Gasteiger partial charge in [-0.05, 0) is 6.07 Å². The van der Waals surface area contributed by atoms with Gasteiger partial charge in [-0.1, -0.05) is 6.07 Å². The second kappa shape index (κ2) is 5.25. The zero-order valence-electron chi connectivity index (χ0n) is 11.2. The second-order valence-electron chi connectivity index (χ2n) is 4.83. The number of hydrogen-bond donors (Lipinski definition) is 2. The van der Waals surface area contributed by atoms with Gasteiger partial charge in [0.1, 0.15) is 5.82 Å². The molecule has 0 aliphatic carbocycles. The van der Waals surface area contributed by atoms with E-state index in [1.165, 1.54) is 12.3 Å². The van der Waals surface area contributed by atoms with Crippen LogP contribution in [0.3, 0.4) is 0 Å². The van der Waals surface area contributed by atoms with E-state index in [1.54, 1.807) is 11.0 Å². The monoisotopic (exact) mass is 313 g/mol. The molecule has 0 saturated carbocycles. The van der Waals surface area contributed by atoms with Crippen LogP contribution in [0.5, 0.6) is 0 Å². The van der Waals surface area contributed by atoms with E-state index < -0.39 is 19.1 Å². The van der Waals surface area contributed by atoms with Crippen LogP contribution in [-0.4, -0.2) is 43.5 Å². The van der Waals surface area contributed by atoms with Crippen molar-refractivity contribution < 1.29 is 23.2 Å². The molecular formula is C11H11BF3N5O2. The number of pyridine rings is 1. The Bertz CT molecular complexity index is 673. The van der Waals surface area contributed by atoms with Gasteiger partial charge in [-0.25, -0.2) is 4.98 Å². The molecule has 0 radical (unpaired) electrons. The molecular weight excluding hydrogens is 302 g/mol. The standard InChI is InChI=1S/C11H11BF3N5O2/c13-11(14,15)10-18-17-9-6-19(3-4-20(9)10)8-2-1-7(5-16-8)12(21)22/h1-2,5,21-22H,3-4,6H2. The highest BCUT2D eigenvalue weighted by Gasteiger charge is 2.39. The van der Waals surface area contributed by atoms with Crippen LogP contribution in [0.2, 0.25) is 0 Å². The van der Waals surface area contributed by atoms with E-state index >= 15 is 0 Å². The molecule has 1 aliphatic rings. The van der Waals surface area contributed by atoms with Gasteiger partial charge >= 0.3 is 13.3 Å². The minimum Gasteiger partial charge on any atom is -0.423 e. The summed E-state index contributed by atoms with van der Waals surface area (Å²) in [5.74, 6) is -0.257. The Morgan fingerprint density at radius 2 is 1.91 bits per heavy atom. The lowest BCUT2D eigenvalue weighted by Crippen LogP contribution is -2.36. The summed E-state index contributed by atoms with van der Waals surface area (Å²) in [7, 11) is -1.61. The third-order valence-electron chi connectivity index (χ3n) is 3.40.